The first kappa shape index (κ1) is 20.1. The Kier molecular flexibility index (Phi) is 5.80. The first-order valence-electron chi connectivity index (χ1n) is 10.8. The molecule has 0 radical (unpaired) electrons. The maximum absolute atomic E-state index is 4.72. The van der Waals surface area contributed by atoms with Crippen molar-refractivity contribution in [1.29, 1.82) is 0 Å². The molecule has 30 heavy (non-hydrogen) atoms. The molecule has 1 heterocycles. The maximum Gasteiger partial charge on any atom is 0.169 e. The molecule has 0 amide bonds. The molecule has 0 saturated carbocycles. The van der Waals surface area contributed by atoms with Crippen LogP contribution in [-0.4, -0.2) is 14.8 Å². The second kappa shape index (κ2) is 8.66. The van der Waals surface area contributed by atoms with Crippen molar-refractivity contribution in [3.05, 3.63) is 89.0 Å². The molecule has 3 nitrogen and oxygen atoms in total. The van der Waals surface area contributed by atoms with Crippen molar-refractivity contribution in [2.45, 2.75) is 47.0 Å². The summed E-state index contributed by atoms with van der Waals surface area (Å²) in [5.74, 6) is 1.78. The second-order valence-corrected chi connectivity index (χ2v) is 8.04. The largest absolute Gasteiger partial charge is 0.274 e. The molecule has 4 rings (SSSR count). The lowest BCUT2D eigenvalue weighted by Gasteiger charge is -2.17. The number of hydrogen-bond donors (Lipinski definition) is 0. The lowest BCUT2D eigenvalue weighted by molar-refractivity contribution is 0.795. The van der Waals surface area contributed by atoms with Crippen LogP contribution >= 0.6 is 0 Å². The molecule has 0 spiro atoms. The van der Waals surface area contributed by atoms with Gasteiger partial charge in [0.2, 0.25) is 0 Å². The van der Waals surface area contributed by atoms with E-state index in [0.29, 0.717) is 0 Å². The molecule has 0 aliphatic heterocycles. The molecule has 0 aliphatic carbocycles. The van der Waals surface area contributed by atoms with Gasteiger partial charge in [0.1, 0.15) is 0 Å². The third kappa shape index (κ3) is 3.80. The van der Waals surface area contributed by atoms with Crippen molar-refractivity contribution in [2.75, 3.05) is 0 Å². The lowest BCUT2D eigenvalue weighted by Crippen LogP contribution is -2.05. The minimum absolute atomic E-state index is 0.876. The Morgan fingerprint density at radius 3 is 2.13 bits per heavy atom. The number of para-hydroxylation sites is 1. The lowest BCUT2D eigenvalue weighted by atomic mass is 10.0. The van der Waals surface area contributed by atoms with Crippen LogP contribution in [0.25, 0.3) is 28.5 Å². The first-order chi connectivity index (χ1) is 14.6. The summed E-state index contributed by atoms with van der Waals surface area (Å²) in [5, 5.41) is 9.38. The van der Waals surface area contributed by atoms with E-state index in [-0.39, 0.29) is 0 Å². The molecule has 3 heteroatoms. The highest BCUT2D eigenvalue weighted by atomic mass is 15.3. The van der Waals surface area contributed by atoms with Crippen molar-refractivity contribution >= 4 is 0 Å². The summed E-state index contributed by atoms with van der Waals surface area (Å²) >= 11 is 0. The fraction of sp³-hybridized carbons (Fsp3) is 0.259. The van der Waals surface area contributed by atoms with Crippen LogP contribution in [0, 0.1) is 20.8 Å². The van der Waals surface area contributed by atoms with Gasteiger partial charge in [0.05, 0.1) is 5.69 Å². The average molecular weight is 396 g/mol. The Balaban J connectivity index is 1.98. The molecule has 3 aromatic carbocycles. The highest BCUT2D eigenvalue weighted by molar-refractivity contribution is 5.70. The predicted octanol–water partition coefficient (Wildman–Crippen LogP) is 6.87. The monoisotopic (exact) mass is 395 g/mol. The Labute approximate surface area is 179 Å². The van der Waals surface area contributed by atoms with Crippen LogP contribution in [0.4, 0.5) is 0 Å². The topological polar surface area (TPSA) is 30.7 Å². The molecule has 0 saturated heterocycles. The van der Waals surface area contributed by atoms with Crippen LogP contribution in [0.15, 0.2) is 66.7 Å². The van der Waals surface area contributed by atoms with Gasteiger partial charge in [0.15, 0.2) is 11.6 Å². The molecule has 0 aliphatic rings. The molecule has 0 bridgehead atoms. The smallest absolute Gasteiger partial charge is 0.169 e. The average Bonchev–Trinajstić information content (AvgIpc) is 3.18. The number of rotatable bonds is 6. The summed E-state index contributed by atoms with van der Waals surface area (Å²) in [6, 6.07) is 23.5. The second-order valence-electron chi connectivity index (χ2n) is 8.04. The number of aromatic nitrogens is 3. The van der Waals surface area contributed by atoms with Crippen molar-refractivity contribution in [3.8, 4) is 28.5 Å². The van der Waals surface area contributed by atoms with Gasteiger partial charge in [-0.05, 0) is 61.9 Å². The standard InChI is InChI=1S/C27H29N3/c1-5-6-13-22-17-16-19(2)24(18-22)27-29-28-26(23-14-8-7-9-15-23)30(27)25-20(3)11-10-12-21(25)4/h7-12,14-18H,5-6,13H2,1-4H3. The Morgan fingerprint density at radius 2 is 1.43 bits per heavy atom. The van der Waals surface area contributed by atoms with E-state index in [1.165, 1.54) is 35.1 Å². The zero-order chi connectivity index (χ0) is 21.1. The van der Waals surface area contributed by atoms with Crippen molar-refractivity contribution in [3.63, 3.8) is 0 Å². The number of aryl methyl sites for hydroxylation is 4. The fourth-order valence-corrected chi connectivity index (χ4v) is 4.05. The van der Waals surface area contributed by atoms with Gasteiger partial charge in [0, 0.05) is 11.1 Å². The van der Waals surface area contributed by atoms with Crippen LogP contribution in [0.2, 0.25) is 0 Å². The van der Waals surface area contributed by atoms with Crippen LogP contribution in [-0.2, 0) is 6.42 Å². The molecular weight excluding hydrogens is 366 g/mol. The van der Waals surface area contributed by atoms with Crippen LogP contribution in [0.1, 0.15) is 42.0 Å². The predicted molar refractivity (Wildman–Crippen MR) is 125 cm³/mol. The maximum atomic E-state index is 4.72. The van der Waals surface area contributed by atoms with Gasteiger partial charge in [-0.3, -0.25) is 4.57 Å². The van der Waals surface area contributed by atoms with Crippen molar-refractivity contribution in [1.82, 2.24) is 14.8 Å². The van der Waals surface area contributed by atoms with Crippen molar-refractivity contribution < 1.29 is 0 Å². The summed E-state index contributed by atoms with van der Waals surface area (Å²) < 4.78 is 2.24. The summed E-state index contributed by atoms with van der Waals surface area (Å²) in [6.45, 7) is 8.71. The van der Waals surface area contributed by atoms with Crippen LogP contribution in [0.5, 0.6) is 0 Å². The molecule has 0 unspecified atom stereocenters. The van der Waals surface area contributed by atoms with Crippen molar-refractivity contribution in [2.24, 2.45) is 0 Å². The fourth-order valence-electron chi connectivity index (χ4n) is 4.05. The number of hydrogen-bond acceptors (Lipinski definition) is 2. The summed E-state index contributed by atoms with van der Waals surface area (Å²) in [4.78, 5) is 0. The number of nitrogens with zero attached hydrogens (tertiary/aromatic N) is 3. The van der Waals surface area contributed by atoms with E-state index in [9.17, 15) is 0 Å². The molecule has 1 aromatic heterocycles. The normalized spacial score (nSPS) is 11.1. The van der Waals surface area contributed by atoms with E-state index in [2.05, 4.69) is 98.0 Å². The Bertz CT molecular complexity index is 1140. The summed E-state index contributed by atoms with van der Waals surface area (Å²) in [7, 11) is 0. The van der Waals surface area contributed by atoms with E-state index in [1.807, 2.05) is 6.07 Å². The number of unbranched alkanes of at least 4 members (excludes halogenated alkanes) is 1. The zero-order valence-electron chi connectivity index (χ0n) is 18.3. The quantitative estimate of drug-likeness (QED) is 0.357. The van der Waals surface area contributed by atoms with Crippen LogP contribution < -0.4 is 0 Å². The molecule has 4 aromatic rings. The van der Waals surface area contributed by atoms with E-state index >= 15 is 0 Å². The third-order valence-corrected chi connectivity index (χ3v) is 5.72. The van der Waals surface area contributed by atoms with Gasteiger partial charge in [-0.2, -0.15) is 0 Å². The van der Waals surface area contributed by atoms with Gasteiger partial charge in [-0.15, -0.1) is 10.2 Å². The van der Waals surface area contributed by atoms with Gasteiger partial charge in [0.25, 0.3) is 0 Å². The Hall–Kier alpha value is -3.20. The van der Waals surface area contributed by atoms with Gasteiger partial charge >= 0.3 is 0 Å². The first-order valence-corrected chi connectivity index (χ1v) is 10.8. The third-order valence-electron chi connectivity index (χ3n) is 5.72. The highest BCUT2D eigenvalue weighted by Crippen LogP contribution is 2.33. The van der Waals surface area contributed by atoms with E-state index in [1.54, 1.807) is 0 Å². The van der Waals surface area contributed by atoms with Gasteiger partial charge in [-0.1, -0.05) is 74.0 Å². The molecular formula is C27H29N3. The summed E-state index contributed by atoms with van der Waals surface area (Å²) in [6.07, 6.45) is 3.48. The number of benzene rings is 3. The van der Waals surface area contributed by atoms with Gasteiger partial charge in [-0.25, -0.2) is 0 Å². The highest BCUT2D eigenvalue weighted by Gasteiger charge is 2.21. The van der Waals surface area contributed by atoms with Gasteiger partial charge < -0.3 is 0 Å². The summed E-state index contributed by atoms with van der Waals surface area (Å²) in [5.41, 5.74) is 8.39. The van der Waals surface area contributed by atoms with E-state index in [4.69, 9.17) is 5.10 Å². The molecule has 152 valence electrons. The molecule has 0 atom stereocenters. The van der Waals surface area contributed by atoms with E-state index in [0.717, 1.165) is 34.9 Å². The molecule has 0 N–H and O–H groups in total. The molecule has 0 fully saturated rings. The minimum atomic E-state index is 0.876. The zero-order valence-corrected chi connectivity index (χ0v) is 18.3. The minimum Gasteiger partial charge on any atom is -0.274 e. The Morgan fingerprint density at radius 1 is 0.733 bits per heavy atom. The van der Waals surface area contributed by atoms with Crippen LogP contribution in [0.3, 0.4) is 0 Å². The SMILES string of the molecule is CCCCc1ccc(C)c(-c2nnc(-c3ccccc3)n2-c2c(C)cccc2C)c1. The van der Waals surface area contributed by atoms with E-state index < -0.39 is 0 Å².